The summed E-state index contributed by atoms with van der Waals surface area (Å²) in [4.78, 5) is 23.1. The van der Waals surface area contributed by atoms with Crippen molar-refractivity contribution in [3.63, 3.8) is 0 Å². The van der Waals surface area contributed by atoms with Crippen LogP contribution in [0.2, 0.25) is 5.02 Å². The first-order chi connectivity index (χ1) is 11.4. The largest absolute Gasteiger partial charge is 0.544 e. The molecule has 7 heteroatoms. The van der Waals surface area contributed by atoms with Crippen molar-refractivity contribution in [2.75, 3.05) is 11.1 Å². The minimum Gasteiger partial charge on any atom is -0.544 e. The molecule has 2 aromatic carbocycles. The van der Waals surface area contributed by atoms with E-state index in [-0.39, 0.29) is 16.6 Å². The molecule has 24 heavy (non-hydrogen) atoms. The fraction of sp³-hybridized carbons (Fsp3) is 0.0588. The summed E-state index contributed by atoms with van der Waals surface area (Å²) in [6.45, 7) is 0. The first-order valence-corrected chi connectivity index (χ1v) is 8.96. The number of halogens is 2. The van der Waals surface area contributed by atoms with Crippen LogP contribution in [0.5, 0.6) is 0 Å². The summed E-state index contributed by atoms with van der Waals surface area (Å²) in [5.41, 5.74) is 1.31. The van der Waals surface area contributed by atoms with Crippen LogP contribution >= 0.6 is 39.3 Å². The zero-order valence-electron chi connectivity index (χ0n) is 12.3. The monoisotopic (exact) mass is 424 g/mol. The Bertz CT molecular complexity index is 760. The molecule has 0 saturated heterocycles. The lowest BCUT2D eigenvalue weighted by atomic mass is 10.2. The van der Waals surface area contributed by atoms with Gasteiger partial charge in [-0.3, -0.25) is 4.79 Å². The van der Waals surface area contributed by atoms with E-state index >= 15 is 0 Å². The summed E-state index contributed by atoms with van der Waals surface area (Å²) < 4.78 is 0.893. The second kappa shape index (κ2) is 8.92. The predicted octanol–water partition coefficient (Wildman–Crippen LogP) is 3.57. The highest BCUT2D eigenvalue weighted by molar-refractivity contribution is 9.10. The summed E-state index contributed by atoms with van der Waals surface area (Å²) in [6, 6.07) is 13.8. The molecule has 0 aliphatic heterocycles. The Hall–Kier alpha value is -1.76. The van der Waals surface area contributed by atoms with Crippen molar-refractivity contribution in [1.82, 2.24) is 0 Å². The van der Waals surface area contributed by atoms with Gasteiger partial charge in [-0.1, -0.05) is 39.7 Å². The third-order valence-electron chi connectivity index (χ3n) is 2.86. The molecule has 0 bridgehead atoms. The number of hydrogen-bond donors (Lipinski definition) is 1. The van der Waals surface area contributed by atoms with Gasteiger partial charge in [0.25, 0.3) is 0 Å². The standard InChI is InChI=1S/C17H13BrClNO3S/c18-12-3-1-11(2-4-12)9-15(17(22)23)24-10-16(21)20-14-7-5-13(19)6-8-14/h1-9H,10H2,(H,20,21)(H,22,23)/p-1. The maximum atomic E-state index is 11.9. The van der Waals surface area contributed by atoms with Crippen LogP contribution in [0.4, 0.5) is 5.69 Å². The van der Waals surface area contributed by atoms with E-state index in [1.807, 2.05) is 0 Å². The molecule has 0 spiro atoms. The lowest BCUT2D eigenvalue weighted by Crippen LogP contribution is -2.24. The van der Waals surface area contributed by atoms with Gasteiger partial charge in [-0.25, -0.2) is 0 Å². The average molecular weight is 426 g/mol. The molecule has 4 nitrogen and oxygen atoms in total. The first-order valence-electron chi connectivity index (χ1n) is 6.81. The fourth-order valence-corrected chi connectivity index (χ4v) is 2.83. The van der Waals surface area contributed by atoms with Gasteiger partial charge in [0.2, 0.25) is 5.91 Å². The number of hydrogen-bond acceptors (Lipinski definition) is 4. The Morgan fingerprint density at radius 1 is 1.12 bits per heavy atom. The molecule has 0 aromatic heterocycles. The fourth-order valence-electron chi connectivity index (χ4n) is 1.74. The minimum atomic E-state index is -1.32. The van der Waals surface area contributed by atoms with Crippen molar-refractivity contribution >= 4 is 62.9 Å². The summed E-state index contributed by atoms with van der Waals surface area (Å²) in [6.07, 6.45) is 1.47. The molecule has 0 heterocycles. The summed E-state index contributed by atoms with van der Waals surface area (Å²) in [5.74, 6) is -1.67. The molecule has 1 N–H and O–H groups in total. The van der Waals surface area contributed by atoms with Crippen molar-refractivity contribution < 1.29 is 14.7 Å². The maximum absolute atomic E-state index is 11.9. The van der Waals surface area contributed by atoms with Crippen molar-refractivity contribution in [3.05, 3.63) is 68.5 Å². The van der Waals surface area contributed by atoms with Gasteiger partial charge in [0.05, 0.1) is 11.7 Å². The zero-order chi connectivity index (χ0) is 17.5. The molecule has 2 rings (SSSR count). The van der Waals surface area contributed by atoms with E-state index in [1.54, 1.807) is 48.5 Å². The third kappa shape index (κ3) is 6.03. The Morgan fingerprint density at radius 3 is 2.33 bits per heavy atom. The van der Waals surface area contributed by atoms with Crippen molar-refractivity contribution in [2.24, 2.45) is 0 Å². The van der Waals surface area contributed by atoms with Crippen LogP contribution in [0.3, 0.4) is 0 Å². The van der Waals surface area contributed by atoms with Crippen LogP contribution in [-0.2, 0) is 9.59 Å². The molecule has 1 amide bonds. The number of amides is 1. The topological polar surface area (TPSA) is 69.2 Å². The molecule has 0 aliphatic rings. The summed E-state index contributed by atoms with van der Waals surface area (Å²) in [5, 5.41) is 14.5. The number of rotatable bonds is 6. The van der Waals surface area contributed by atoms with E-state index < -0.39 is 5.97 Å². The van der Waals surface area contributed by atoms with E-state index in [4.69, 9.17) is 11.6 Å². The molecule has 0 atom stereocenters. The highest BCUT2D eigenvalue weighted by atomic mass is 79.9. The van der Waals surface area contributed by atoms with E-state index in [2.05, 4.69) is 21.2 Å². The quantitative estimate of drug-likeness (QED) is 0.719. The second-order valence-electron chi connectivity index (χ2n) is 4.69. The molecule has 0 radical (unpaired) electrons. The number of carbonyl (C=O) groups excluding carboxylic acids is 2. The normalized spacial score (nSPS) is 11.2. The van der Waals surface area contributed by atoms with Crippen LogP contribution < -0.4 is 10.4 Å². The Kier molecular flexibility index (Phi) is 6.90. The Labute approximate surface area is 157 Å². The SMILES string of the molecule is O=C(CSC(=Cc1ccc(Br)cc1)C(=O)[O-])Nc1ccc(Cl)cc1. The lowest BCUT2D eigenvalue weighted by molar-refractivity contribution is -0.297. The van der Waals surface area contributed by atoms with Gasteiger partial charge in [-0.15, -0.1) is 11.8 Å². The number of carboxylic acid groups (broad SMARTS) is 1. The van der Waals surface area contributed by atoms with Gasteiger partial charge in [0, 0.05) is 20.1 Å². The molecular weight excluding hydrogens is 414 g/mol. The number of aliphatic carboxylic acids is 1. The van der Waals surface area contributed by atoms with Gasteiger partial charge in [0.1, 0.15) is 0 Å². The first kappa shape index (κ1) is 18.6. The smallest absolute Gasteiger partial charge is 0.234 e. The van der Waals surface area contributed by atoms with Gasteiger partial charge < -0.3 is 15.2 Å². The number of carbonyl (C=O) groups is 2. The molecule has 0 unspecified atom stereocenters. The highest BCUT2D eigenvalue weighted by Crippen LogP contribution is 2.21. The Morgan fingerprint density at radius 2 is 1.75 bits per heavy atom. The summed E-state index contributed by atoms with van der Waals surface area (Å²) in [7, 11) is 0. The molecule has 2 aromatic rings. The lowest BCUT2D eigenvalue weighted by Gasteiger charge is -2.09. The number of anilines is 1. The minimum absolute atomic E-state index is 0.0106. The Balaban J connectivity index is 1.98. The molecule has 0 fully saturated rings. The molecule has 0 aliphatic carbocycles. The van der Waals surface area contributed by atoms with Crippen molar-refractivity contribution in [2.45, 2.75) is 0 Å². The number of benzene rings is 2. The number of thioether (sulfide) groups is 1. The van der Waals surface area contributed by atoms with E-state index in [0.29, 0.717) is 16.3 Å². The molecule has 0 saturated carbocycles. The number of carboxylic acids is 1. The van der Waals surface area contributed by atoms with E-state index in [9.17, 15) is 14.7 Å². The number of nitrogens with one attached hydrogen (secondary N) is 1. The van der Waals surface area contributed by atoms with E-state index in [1.165, 1.54) is 6.08 Å². The van der Waals surface area contributed by atoms with Crippen LogP contribution in [-0.4, -0.2) is 17.6 Å². The third-order valence-corrected chi connectivity index (χ3v) is 4.64. The van der Waals surface area contributed by atoms with Gasteiger partial charge in [0.15, 0.2) is 0 Å². The molecule has 124 valence electrons. The van der Waals surface area contributed by atoms with Gasteiger partial charge >= 0.3 is 0 Å². The highest BCUT2D eigenvalue weighted by Gasteiger charge is 2.07. The maximum Gasteiger partial charge on any atom is 0.234 e. The van der Waals surface area contributed by atoms with Crippen molar-refractivity contribution in [3.8, 4) is 0 Å². The van der Waals surface area contributed by atoms with Gasteiger partial charge in [-0.2, -0.15) is 0 Å². The second-order valence-corrected chi connectivity index (χ2v) is 7.06. The van der Waals surface area contributed by atoms with Gasteiger partial charge in [-0.05, 0) is 48.0 Å². The van der Waals surface area contributed by atoms with Crippen LogP contribution in [0.1, 0.15) is 5.56 Å². The average Bonchev–Trinajstić information content (AvgIpc) is 2.55. The van der Waals surface area contributed by atoms with E-state index in [0.717, 1.165) is 16.2 Å². The van der Waals surface area contributed by atoms with Crippen molar-refractivity contribution in [1.29, 1.82) is 0 Å². The van der Waals surface area contributed by atoms with Crippen LogP contribution in [0.25, 0.3) is 6.08 Å². The van der Waals surface area contributed by atoms with Crippen LogP contribution in [0.15, 0.2) is 57.9 Å². The summed E-state index contributed by atoms with van der Waals surface area (Å²) >= 11 is 9.99. The zero-order valence-corrected chi connectivity index (χ0v) is 15.5. The van der Waals surface area contributed by atoms with Crippen LogP contribution in [0, 0.1) is 0 Å². The molecular formula is C17H12BrClNO3S-. The predicted molar refractivity (Wildman–Crippen MR) is 99.7 cm³/mol.